The number of ether oxygens (including phenoxy) is 1. The van der Waals surface area contributed by atoms with E-state index in [0.717, 1.165) is 31.4 Å². The van der Waals surface area contributed by atoms with Crippen LogP contribution >= 0.6 is 27.7 Å². The number of fused-ring (bicyclic) bond motifs is 1. The molecule has 3 saturated heterocycles. The summed E-state index contributed by atoms with van der Waals surface area (Å²) in [6.07, 6.45) is 6.48. The Morgan fingerprint density at radius 3 is 2.50 bits per heavy atom. The molecular weight excluding hydrogens is 594 g/mol. The number of nitrogens with zero attached hydrogens (tertiary/aromatic N) is 1. The molecule has 1 aromatic rings. The first-order valence-electron chi connectivity index (χ1n) is 14.8. The maximum atomic E-state index is 14.4. The molecule has 1 aliphatic carbocycles. The number of amides is 3. The van der Waals surface area contributed by atoms with Crippen LogP contribution in [0, 0.1) is 17.8 Å². The van der Waals surface area contributed by atoms with E-state index in [0.29, 0.717) is 25.1 Å². The zero-order chi connectivity index (χ0) is 28.6. The maximum Gasteiger partial charge on any atom is 0.244 e. The number of nitrogens with one attached hydrogen (secondary N) is 2. The first-order chi connectivity index (χ1) is 19.2. The molecule has 3 aliphatic heterocycles. The number of aliphatic hydroxyl groups excluding tert-OH is 1. The van der Waals surface area contributed by atoms with E-state index in [4.69, 9.17) is 4.74 Å². The maximum absolute atomic E-state index is 14.4. The van der Waals surface area contributed by atoms with Gasteiger partial charge in [0.05, 0.1) is 35.8 Å². The van der Waals surface area contributed by atoms with Crippen LogP contribution in [0.1, 0.15) is 65.7 Å². The van der Waals surface area contributed by atoms with Gasteiger partial charge in [0.2, 0.25) is 17.7 Å². The number of rotatable bonds is 10. The Bertz CT molecular complexity index is 1100. The summed E-state index contributed by atoms with van der Waals surface area (Å²) in [6.45, 7) is 6.38. The lowest BCUT2D eigenvalue weighted by Gasteiger charge is -2.39. The molecular formula is C30H42BrN3O5S. The van der Waals surface area contributed by atoms with Crippen LogP contribution < -0.4 is 15.4 Å². The zero-order valence-electron chi connectivity index (χ0n) is 23.6. The predicted octanol–water partition coefficient (Wildman–Crippen LogP) is 4.34. The van der Waals surface area contributed by atoms with Gasteiger partial charge in [0.1, 0.15) is 11.8 Å². The van der Waals surface area contributed by atoms with Crippen molar-refractivity contribution in [3.8, 4) is 5.75 Å². The lowest BCUT2D eigenvalue weighted by Crippen LogP contribution is -2.58. The molecule has 3 unspecified atom stereocenters. The number of anilines is 1. The summed E-state index contributed by atoms with van der Waals surface area (Å²) in [5.74, 6) is -0.766. The molecule has 10 heteroatoms. The van der Waals surface area contributed by atoms with Crippen LogP contribution in [-0.2, 0) is 14.4 Å². The molecule has 0 aromatic heterocycles. The standard InChI is InChI=1S/C30H42BrN3O5S/c1-4-39-21-12-10-19(11-13-21)32-27(36)23-24-29(38)34(20(16-35)14-17(2)3)26(30(24)15-22(31)25(23)40-30)28(37)33-18-8-6-5-7-9-18/h10-13,17-18,20,22-26,35H,4-9,14-16H2,1-3H3,(H,32,36)(H,33,37)/t20-,22?,23+,24+,25+,26?,30?/m1/s1. The molecule has 3 N–H and O–H groups in total. The fraction of sp³-hybridized carbons (Fsp3) is 0.700. The van der Waals surface area contributed by atoms with Gasteiger partial charge in [-0.3, -0.25) is 14.4 Å². The van der Waals surface area contributed by atoms with Crippen molar-refractivity contribution < 1.29 is 24.2 Å². The molecule has 40 heavy (non-hydrogen) atoms. The SMILES string of the molecule is CCOc1ccc(NC(=O)[C@H]2[C@H]3C(=O)N([C@@H](CO)CC(C)C)C(C(=O)NC4CCCCC4)C34CC(Br)[C@@H]2S4)cc1. The first kappa shape index (κ1) is 29.7. The molecule has 4 aliphatic rings. The minimum atomic E-state index is -0.722. The highest BCUT2D eigenvalue weighted by Crippen LogP contribution is 2.68. The minimum Gasteiger partial charge on any atom is -0.494 e. The van der Waals surface area contributed by atoms with E-state index in [9.17, 15) is 19.5 Å². The molecule has 8 nitrogen and oxygen atoms in total. The van der Waals surface area contributed by atoms with Gasteiger partial charge in [-0.15, -0.1) is 11.8 Å². The Balaban J connectivity index is 1.46. The second-order valence-electron chi connectivity index (χ2n) is 12.2. The summed E-state index contributed by atoms with van der Waals surface area (Å²) in [5.41, 5.74) is 0.642. The van der Waals surface area contributed by atoms with Gasteiger partial charge in [0.25, 0.3) is 0 Å². The third-order valence-corrected chi connectivity index (χ3v) is 12.2. The van der Waals surface area contributed by atoms with Crippen LogP contribution in [0.3, 0.4) is 0 Å². The van der Waals surface area contributed by atoms with Crippen molar-refractivity contribution in [3.63, 3.8) is 0 Å². The number of thioether (sulfide) groups is 1. The van der Waals surface area contributed by atoms with Crippen molar-refractivity contribution >= 4 is 51.1 Å². The molecule has 0 radical (unpaired) electrons. The first-order valence-corrected chi connectivity index (χ1v) is 16.6. The fourth-order valence-corrected chi connectivity index (χ4v) is 11.0. The Hall–Kier alpha value is -1.78. The molecule has 1 aromatic carbocycles. The fourth-order valence-electron chi connectivity index (χ4n) is 7.43. The monoisotopic (exact) mass is 635 g/mol. The van der Waals surface area contributed by atoms with Crippen LogP contribution in [-0.4, -0.2) is 73.9 Å². The normalized spacial score (nSPS) is 32.3. The number of halogens is 1. The lowest BCUT2D eigenvalue weighted by molar-refractivity contribution is -0.142. The second-order valence-corrected chi connectivity index (χ2v) is 14.9. The summed E-state index contributed by atoms with van der Waals surface area (Å²) in [5, 5.41) is 16.7. The summed E-state index contributed by atoms with van der Waals surface area (Å²) in [4.78, 5) is 44.0. The summed E-state index contributed by atoms with van der Waals surface area (Å²) in [7, 11) is 0. The Morgan fingerprint density at radius 1 is 1.18 bits per heavy atom. The molecule has 7 atom stereocenters. The second kappa shape index (κ2) is 12.2. The lowest BCUT2D eigenvalue weighted by atomic mass is 9.70. The van der Waals surface area contributed by atoms with Crippen molar-refractivity contribution in [2.75, 3.05) is 18.5 Å². The zero-order valence-corrected chi connectivity index (χ0v) is 26.0. The number of hydrogen-bond acceptors (Lipinski definition) is 6. The summed E-state index contributed by atoms with van der Waals surface area (Å²) < 4.78 is 4.80. The van der Waals surface area contributed by atoms with Crippen molar-refractivity contribution in [1.82, 2.24) is 10.2 Å². The molecule has 3 heterocycles. The van der Waals surface area contributed by atoms with E-state index < -0.39 is 28.7 Å². The topological polar surface area (TPSA) is 108 Å². The summed E-state index contributed by atoms with van der Waals surface area (Å²) >= 11 is 5.46. The third kappa shape index (κ3) is 5.40. The Labute approximate surface area is 249 Å². The van der Waals surface area contributed by atoms with Gasteiger partial charge in [-0.2, -0.15) is 0 Å². The average molecular weight is 637 g/mol. The van der Waals surface area contributed by atoms with Crippen LogP contribution in [0.15, 0.2) is 24.3 Å². The molecule has 2 bridgehead atoms. The molecule has 1 spiro atoms. The summed E-state index contributed by atoms with van der Waals surface area (Å²) in [6, 6.07) is 6.15. The smallest absolute Gasteiger partial charge is 0.244 e. The molecule has 220 valence electrons. The van der Waals surface area contributed by atoms with Gasteiger partial charge < -0.3 is 25.4 Å². The van der Waals surface area contributed by atoms with Crippen molar-refractivity contribution in [2.45, 2.75) is 98.7 Å². The highest BCUT2D eigenvalue weighted by molar-refractivity contribution is 9.09. The van der Waals surface area contributed by atoms with Gasteiger partial charge in [0, 0.05) is 21.8 Å². The largest absolute Gasteiger partial charge is 0.494 e. The van der Waals surface area contributed by atoms with Crippen molar-refractivity contribution in [1.29, 1.82) is 0 Å². The van der Waals surface area contributed by atoms with Crippen LogP contribution in [0.4, 0.5) is 5.69 Å². The number of hydrogen-bond donors (Lipinski definition) is 3. The number of carbonyl (C=O) groups excluding carboxylic acids is 3. The molecule has 1 saturated carbocycles. The third-order valence-electron chi connectivity index (χ3n) is 9.01. The molecule has 3 amide bonds. The number of benzene rings is 1. The Morgan fingerprint density at radius 2 is 1.88 bits per heavy atom. The number of likely N-dealkylation sites (tertiary alicyclic amines) is 1. The van der Waals surface area contributed by atoms with E-state index in [1.54, 1.807) is 28.8 Å². The number of aliphatic hydroxyl groups is 1. The van der Waals surface area contributed by atoms with Crippen molar-refractivity contribution in [3.05, 3.63) is 24.3 Å². The van der Waals surface area contributed by atoms with E-state index in [1.807, 2.05) is 19.1 Å². The molecule has 5 rings (SSSR count). The van der Waals surface area contributed by atoms with E-state index in [2.05, 4.69) is 40.4 Å². The van der Waals surface area contributed by atoms with Crippen LogP contribution in [0.5, 0.6) is 5.75 Å². The predicted molar refractivity (Wildman–Crippen MR) is 161 cm³/mol. The van der Waals surface area contributed by atoms with Gasteiger partial charge in [-0.05, 0) is 62.8 Å². The number of carbonyl (C=O) groups is 3. The van der Waals surface area contributed by atoms with E-state index >= 15 is 0 Å². The van der Waals surface area contributed by atoms with Crippen molar-refractivity contribution in [2.24, 2.45) is 17.8 Å². The molecule has 4 fully saturated rings. The van der Waals surface area contributed by atoms with Gasteiger partial charge >= 0.3 is 0 Å². The minimum absolute atomic E-state index is 0.000219. The van der Waals surface area contributed by atoms with E-state index in [-0.39, 0.29) is 46.4 Å². The van der Waals surface area contributed by atoms with E-state index in [1.165, 1.54) is 6.42 Å². The van der Waals surface area contributed by atoms with Crippen LogP contribution in [0.25, 0.3) is 0 Å². The highest BCUT2D eigenvalue weighted by atomic mass is 79.9. The van der Waals surface area contributed by atoms with Crippen LogP contribution in [0.2, 0.25) is 0 Å². The average Bonchev–Trinajstić information content (AvgIpc) is 3.52. The quantitative estimate of drug-likeness (QED) is 0.330. The highest BCUT2D eigenvalue weighted by Gasteiger charge is 2.76. The number of alkyl halides is 1. The van der Waals surface area contributed by atoms with Gasteiger partial charge in [-0.1, -0.05) is 49.0 Å². The Kier molecular flexibility index (Phi) is 9.07. The van der Waals surface area contributed by atoms with Gasteiger partial charge in [0.15, 0.2) is 0 Å². The van der Waals surface area contributed by atoms with Gasteiger partial charge in [-0.25, -0.2) is 0 Å².